The number of hydrogen-bond acceptors (Lipinski definition) is 4. The van der Waals surface area contributed by atoms with Crippen LogP contribution < -0.4 is 21.9 Å². The van der Waals surface area contributed by atoms with Gasteiger partial charge in [-0.3, -0.25) is 23.5 Å². The molecule has 2 amide bonds. The molecule has 0 atom stereocenters. The maximum atomic E-state index is 12.5. The zero-order valence-corrected chi connectivity index (χ0v) is 19.8. The van der Waals surface area contributed by atoms with Crippen molar-refractivity contribution in [3.63, 3.8) is 0 Å². The van der Waals surface area contributed by atoms with Crippen LogP contribution in [0.4, 0.5) is 5.69 Å². The van der Waals surface area contributed by atoms with Crippen molar-refractivity contribution in [3.05, 3.63) is 74.0 Å². The number of aromatic nitrogens is 2. The van der Waals surface area contributed by atoms with Gasteiger partial charge in [-0.15, -0.1) is 0 Å². The summed E-state index contributed by atoms with van der Waals surface area (Å²) in [5, 5.41) is 5.10. The molecule has 1 aliphatic carbocycles. The van der Waals surface area contributed by atoms with Crippen LogP contribution in [0.25, 0.3) is 0 Å². The summed E-state index contributed by atoms with van der Waals surface area (Å²) in [6, 6.07) is 6.91. The first-order valence-corrected chi connectivity index (χ1v) is 11.5. The molecule has 1 aromatic carbocycles. The lowest BCUT2D eigenvalue weighted by Gasteiger charge is -2.21. The highest BCUT2D eigenvalue weighted by Gasteiger charge is 2.17. The number of hydrogen-bond donors (Lipinski definition) is 2. The zero-order valence-electron chi connectivity index (χ0n) is 19.0. The molecule has 0 saturated heterocycles. The zero-order chi connectivity index (χ0) is 24.7. The molecule has 0 aliphatic heterocycles. The van der Waals surface area contributed by atoms with Crippen LogP contribution in [0.2, 0.25) is 5.15 Å². The van der Waals surface area contributed by atoms with Gasteiger partial charge >= 0.3 is 5.69 Å². The second kappa shape index (κ2) is 11.5. The van der Waals surface area contributed by atoms with Crippen molar-refractivity contribution >= 4 is 29.1 Å². The first kappa shape index (κ1) is 25.1. The lowest BCUT2D eigenvalue weighted by Crippen LogP contribution is -2.40. The van der Waals surface area contributed by atoms with Crippen LogP contribution in [0.5, 0.6) is 0 Å². The summed E-state index contributed by atoms with van der Waals surface area (Å²) >= 11 is 6.22. The van der Waals surface area contributed by atoms with Crippen LogP contribution in [0, 0.1) is 17.8 Å². The van der Waals surface area contributed by atoms with Crippen molar-refractivity contribution in [1.29, 1.82) is 0 Å². The Morgan fingerprint density at radius 2 is 1.97 bits per heavy atom. The van der Waals surface area contributed by atoms with Crippen LogP contribution in [0.1, 0.15) is 48.0 Å². The Morgan fingerprint density at radius 1 is 1.24 bits per heavy atom. The van der Waals surface area contributed by atoms with Gasteiger partial charge in [0.05, 0.1) is 6.54 Å². The molecule has 0 spiro atoms. The maximum Gasteiger partial charge on any atom is 0.332 e. The Balaban J connectivity index is 1.75. The number of nitrogens with one attached hydrogen (secondary N) is 2. The summed E-state index contributed by atoms with van der Waals surface area (Å²) in [5.41, 5.74) is -0.529. The van der Waals surface area contributed by atoms with E-state index in [2.05, 4.69) is 29.1 Å². The van der Waals surface area contributed by atoms with Gasteiger partial charge in [0.25, 0.3) is 11.5 Å². The van der Waals surface area contributed by atoms with Crippen molar-refractivity contribution in [3.8, 4) is 11.8 Å². The van der Waals surface area contributed by atoms with Crippen LogP contribution in [-0.4, -0.2) is 27.5 Å². The standard InChI is InChI=1S/C25H27ClN4O4/c1-3-20(31)28-21-22(26)30(25(34)29(2)24(21)33)14-8-12-17-11-7-13-19(15-17)23(32)27-16-18-9-5-4-6-10-18/h3,7,11,13,15,18H,1,4-6,9-10,14,16H2,2H3,(H,27,32)(H,28,31). The van der Waals surface area contributed by atoms with E-state index in [0.29, 0.717) is 23.6 Å². The van der Waals surface area contributed by atoms with Crippen molar-refractivity contribution < 1.29 is 9.59 Å². The van der Waals surface area contributed by atoms with E-state index in [0.717, 1.165) is 28.1 Å². The van der Waals surface area contributed by atoms with E-state index < -0.39 is 17.2 Å². The topological polar surface area (TPSA) is 102 Å². The molecule has 0 unspecified atom stereocenters. The molecule has 1 saturated carbocycles. The highest BCUT2D eigenvalue weighted by molar-refractivity contribution is 6.32. The molecule has 34 heavy (non-hydrogen) atoms. The third kappa shape index (κ3) is 6.06. The summed E-state index contributed by atoms with van der Waals surface area (Å²) in [6.45, 7) is 3.88. The van der Waals surface area contributed by atoms with Gasteiger partial charge in [-0.2, -0.15) is 0 Å². The Bertz CT molecular complexity index is 1280. The lowest BCUT2D eigenvalue weighted by atomic mass is 9.89. The van der Waals surface area contributed by atoms with Crippen molar-refractivity contribution in [2.45, 2.75) is 38.6 Å². The normalized spacial score (nSPS) is 13.5. The largest absolute Gasteiger partial charge is 0.352 e. The summed E-state index contributed by atoms with van der Waals surface area (Å²) in [4.78, 5) is 49.0. The molecule has 1 aliphatic rings. The SMILES string of the molecule is C=CC(=O)Nc1c(Cl)n(CC#Cc2cccc(C(=O)NCC3CCCCC3)c2)c(=O)n(C)c1=O. The van der Waals surface area contributed by atoms with Gasteiger partial charge in [-0.25, -0.2) is 4.79 Å². The van der Waals surface area contributed by atoms with Gasteiger partial charge in [-0.1, -0.05) is 55.3 Å². The summed E-state index contributed by atoms with van der Waals surface area (Å²) in [5.74, 6) is 5.51. The average molecular weight is 483 g/mol. The first-order chi connectivity index (χ1) is 16.3. The van der Waals surface area contributed by atoms with Gasteiger partial charge in [0.1, 0.15) is 10.8 Å². The van der Waals surface area contributed by atoms with Gasteiger partial charge in [0.2, 0.25) is 5.91 Å². The summed E-state index contributed by atoms with van der Waals surface area (Å²) < 4.78 is 1.92. The monoisotopic (exact) mass is 482 g/mol. The number of anilines is 1. The van der Waals surface area contributed by atoms with Gasteiger partial charge in [0.15, 0.2) is 0 Å². The highest BCUT2D eigenvalue weighted by atomic mass is 35.5. The van der Waals surface area contributed by atoms with E-state index in [9.17, 15) is 19.2 Å². The second-order valence-electron chi connectivity index (χ2n) is 8.19. The van der Waals surface area contributed by atoms with Crippen LogP contribution in [0.3, 0.4) is 0 Å². The van der Waals surface area contributed by atoms with E-state index in [4.69, 9.17) is 11.6 Å². The highest BCUT2D eigenvalue weighted by Crippen LogP contribution is 2.22. The Labute approximate surface area is 202 Å². The molecule has 8 nitrogen and oxygen atoms in total. The number of halogens is 1. The predicted molar refractivity (Wildman–Crippen MR) is 132 cm³/mol. The Morgan fingerprint density at radius 3 is 2.68 bits per heavy atom. The van der Waals surface area contributed by atoms with Crippen LogP contribution in [0.15, 0.2) is 46.5 Å². The quantitative estimate of drug-likeness (QED) is 0.375. The van der Waals surface area contributed by atoms with Gasteiger partial charge in [0, 0.05) is 24.7 Å². The lowest BCUT2D eigenvalue weighted by molar-refractivity contribution is -0.111. The van der Waals surface area contributed by atoms with E-state index >= 15 is 0 Å². The third-order valence-corrected chi connectivity index (χ3v) is 6.18. The average Bonchev–Trinajstić information content (AvgIpc) is 2.86. The molecule has 3 rings (SSSR count). The minimum absolute atomic E-state index is 0.124. The van der Waals surface area contributed by atoms with Crippen molar-refractivity contribution in [1.82, 2.24) is 14.5 Å². The molecule has 178 valence electrons. The van der Waals surface area contributed by atoms with Gasteiger partial charge in [-0.05, 0) is 43.0 Å². The molecular weight excluding hydrogens is 456 g/mol. The number of carbonyl (C=O) groups excluding carboxylic acids is 2. The van der Waals surface area contributed by atoms with E-state index in [1.165, 1.54) is 26.3 Å². The molecule has 9 heteroatoms. The van der Waals surface area contributed by atoms with Crippen molar-refractivity contribution in [2.75, 3.05) is 11.9 Å². The van der Waals surface area contributed by atoms with Crippen molar-refractivity contribution in [2.24, 2.45) is 13.0 Å². The first-order valence-electron chi connectivity index (χ1n) is 11.1. The fourth-order valence-corrected chi connectivity index (χ4v) is 4.11. The molecule has 2 N–H and O–H groups in total. The molecule has 1 heterocycles. The van der Waals surface area contributed by atoms with E-state index in [-0.39, 0.29) is 23.3 Å². The third-order valence-electron chi connectivity index (χ3n) is 5.78. The summed E-state index contributed by atoms with van der Waals surface area (Å²) in [6.07, 6.45) is 7.00. The second-order valence-corrected chi connectivity index (χ2v) is 8.55. The molecule has 1 aromatic heterocycles. The fraction of sp³-hybridized carbons (Fsp3) is 0.360. The van der Waals surface area contributed by atoms with Crippen LogP contribution >= 0.6 is 11.6 Å². The molecule has 1 fully saturated rings. The van der Waals surface area contributed by atoms with E-state index in [1.807, 2.05) is 0 Å². The molecule has 2 aromatic rings. The minimum Gasteiger partial charge on any atom is -0.352 e. The fourth-order valence-electron chi connectivity index (χ4n) is 3.85. The minimum atomic E-state index is -0.735. The predicted octanol–water partition coefficient (Wildman–Crippen LogP) is 2.69. The number of amides is 2. The Hall–Kier alpha value is -3.57. The number of nitrogens with zero attached hydrogens (tertiary/aromatic N) is 2. The van der Waals surface area contributed by atoms with Crippen LogP contribution in [-0.2, 0) is 18.4 Å². The number of benzene rings is 1. The molecule has 0 radical (unpaired) electrons. The Kier molecular flexibility index (Phi) is 8.50. The molecule has 0 bridgehead atoms. The summed E-state index contributed by atoms with van der Waals surface area (Å²) in [7, 11) is 1.28. The number of carbonyl (C=O) groups is 2. The molecular formula is C25H27ClN4O4. The van der Waals surface area contributed by atoms with E-state index in [1.54, 1.807) is 24.3 Å². The number of rotatable bonds is 6. The maximum absolute atomic E-state index is 12.5. The van der Waals surface area contributed by atoms with Gasteiger partial charge < -0.3 is 10.6 Å². The smallest absolute Gasteiger partial charge is 0.332 e.